The molecule has 2 aromatic rings. The highest BCUT2D eigenvalue weighted by Crippen LogP contribution is 2.20. The number of benzene rings is 2. The molecule has 0 spiro atoms. The zero-order valence-electron chi connectivity index (χ0n) is 12.7. The van der Waals surface area contributed by atoms with Crippen LogP contribution in [0.5, 0.6) is 0 Å². The van der Waals surface area contributed by atoms with E-state index in [2.05, 4.69) is 59.2 Å². The molecule has 1 atom stereocenters. The van der Waals surface area contributed by atoms with E-state index in [1.54, 1.807) is 0 Å². The van der Waals surface area contributed by atoms with Crippen molar-refractivity contribution in [3.05, 3.63) is 71.8 Å². The highest BCUT2D eigenvalue weighted by atomic mass is 16.2. The second-order valence-electron chi connectivity index (χ2n) is 5.90. The van der Waals surface area contributed by atoms with E-state index >= 15 is 0 Å². The van der Waals surface area contributed by atoms with Crippen LogP contribution >= 0.6 is 0 Å². The number of hydrogen-bond donors (Lipinski definition) is 2. The lowest BCUT2D eigenvalue weighted by atomic mass is 9.91. The Balaban J connectivity index is 1.67. The number of nitrogens with one attached hydrogen (secondary N) is 2. The minimum atomic E-state index is 0.146. The molecule has 2 aromatic carbocycles. The highest BCUT2D eigenvalue weighted by molar-refractivity contribution is 5.80. The number of carbonyl (C=O) groups is 1. The van der Waals surface area contributed by atoms with Gasteiger partial charge in [-0.2, -0.15) is 0 Å². The van der Waals surface area contributed by atoms with E-state index in [-0.39, 0.29) is 11.8 Å². The van der Waals surface area contributed by atoms with Gasteiger partial charge in [0.25, 0.3) is 0 Å². The Morgan fingerprint density at radius 3 is 2.27 bits per heavy atom. The molecule has 0 saturated carbocycles. The van der Waals surface area contributed by atoms with Crippen molar-refractivity contribution >= 4 is 5.91 Å². The van der Waals surface area contributed by atoms with Gasteiger partial charge in [-0.25, -0.2) is 0 Å². The van der Waals surface area contributed by atoms with Crippen molar-refractivity contribution in [3.8, 4) is 0 Å². The van der Waals surface area contributed by atoms with Gasteiger partial charge in [-0.15, -0.1) is 0 Å². The van der Waals surface area contributed by atoms with Crippen LogP contribution in [0, 0.1) is 5.92 Å². The molecule has 22 heavy (non-hydrogen) atoms. The largest absolute Gasteiger partial charge is 0.355 e. The van der Waals surface area contributed by atoms with Gasteiger partial charge in [-0.3, -0.25) is 4.79 Å². The Labute approximate surface area is 131 Å². The summed E-state index contributed by atoms with van der Waals surface area (Å²) >= 11 is 0. The fourth-order valence-electron chi connectivity index (χ4n) is 2.77. The average Bonchev–Trinajstić information content (AvgIpc) is 2.51. The molecule has 1 aliphatic heterocycles. The van der Waals surface area contributed by atoms with E-state index in [0.29, 0.717) is 12.5 Å². The monoisotopic (exact) mass is 294 g/mol. The van der Waals surface area contributed by atoms with Gasteiger partial charge in [-0.1, -0.05) is 60.7 Å². The predicted molar refractivity (Wildman–Crippen MR) is 88.7 cm³/mol. The van der Waals surface area contributed by atoms with Gasteiger partial charge >= 0.3 is 0 Å². The van der Waals surface area contributed by atoms with Gasteiger partial charge in [-0.05, 0) is 17.5 Å². The van der Waals surface area contributed by atoms with Crippen molar-refractivity contribution in [1.29, 1.82) is 0 Å². The molecular formula is C19H22N2O. The van der Waals surface area contributed by atoms with Gasteiger partial charge in [0.05, 0.1) is 5.92 Å². The van der Waals surface area contributed by atoms with Crippen molar-refractivity contribution < 1.29 is 4.79 Å². The van der Waals surface area contributed by atoms with Crippen molar-refractivity contribution in [2.75, 3.05) is 19.6 Å². The second kappa shape index (κ2) is 7.23. The fraction of sp³-hybridized carbons (Fsp3) is 0.316. The van der Waals surface area contributed by atoms with E-state index in [9.17, 15) is 4.79 Å². The summed E-state index contributed by atoms with van der Waals surface area (Å²) in [7, 11) is 0. The highest BCUT2D eigenvalue weighted by Gasteiger charge is 2.25. The van der Waals surface area contributed by atoms with Crippen LogP contribution in [0.1, 0.15) is 17.0 Å². The maximum absolute atomic E-state index is 12.1. The van der Waals surface area contributed by atoms with Gasteiger partial charge in [0.2, 0.25) is 5.91 Å². The molecule has 1 saturated heterocycles. The summed E-state index contributed by atoms with van der Waals surface area (Å²) in [6.07, 6.45) is 0.939. The minimum Gasteiger partial charge on any atom is -0.355 e. The van der Waals surface area contributed by atoms with Crippen LogP contribution in [0.15, 0.2) is 60.7 Å². The molecule has 3 nitrogen and oxygen atoms in total. The first-order valence-corrected chi connectivity index (χ1v) is 7.90. The topological polar surface area (TPSA) is 41.1 Å². The smallest absolute Gasteiger partial charge is 0.225 e. The zero-order valence-corrected chi connectivity index (χ0v) is 12.7. The first-order chi connectivity index (χ1) is 10.8. The normalized spacial score (nSPS) is 15.8. The fourth-order valence-corrected chi connectivity index (χ4v) is 2.77. The Morgan fingerprint density at radius 1 is 1.05 bits per heavy atom. The molecule has 0 aliphatic carbocycles. The molecule has 1 unspecified atom stereocenters. The van der Waals surface area contributed by atoms with Crippen LogP contribution in [-0.2, 0) is 11.2 Å². The first kappa shape index (κ1) is 14.8. The van der Waals surface area contributed by atoms with E-state index in [1.807, 2.05) is 12.1 Å². The van der Waals surface area contributed by atoms with Crippen LogP contribution in [-0.4, -0.2) is 25.5 Å². The molecule has 114 valence electrons. The van der Waals surface area contributed by atoms with Crippen molar-refractivity contribution in [2.45, 2.75) is 12.3 Å². The van der Waals surface area contributed by atoms with Crippen LogP contribution in [0.3, 0.4) is 0 Å². The first-order valence-electron chi connectivity index (χ1n) is 7.90. The summed E-state index contributed by atoms with van der Waals surface area (Å²) < 4.78 is 0. The van der Waals surface area contributed by atoms with Crippen LogP contribution in [0.2, 0.25) is 0 Å². The van der Waals surface area contributed by atoms with Gasteiger partial charge in [0.1, 0.15) is 0 Å². The summed E-state index contributed by atoms with van der Waals surface area (Å²) in [5.41, 5.74) is 2.58. The third-order valence-electron chi connectivity index (χ3n) is 4.27. The van der Waals surface area contributed by atoms with E-state index in [0.717, 1.165) is 19.5 Å². The molecule has 1 amide bonds. The quantitative estimate of drug-likeness (QED) is 0.858. The predicted octanol–water partition coefficient (Wildman–Crippen LogP) is 2.35. The van der Waals surface area contributed by atoms with Crippen LogP contribution in [0.4, 0.5) is 0 Å². The third-order valence-corrected chi connectivity index (χ3v) is 4.27. The Hall–Kier alpha value is -2.13. The molecule has 0 aromatic heterocycles. The molecule has 3 rings (SSSR count). The van der Waals surface area contributed by atoms with Gasteiger partial charge in [0, 0.05) is 25.6 Å². The zero-order chi connectivity index (χ0) is 15.2. The molecule has 2 N–H and O–H groups in total. The summed E-state index contributed by atoms with van der Waals surface area (Å²) in [5.74, 6) is 0.626. The summed E-state index contributed by atoms with van der Waals surface area (Å²) in [6.45, 7) is 2.30. The van der Waals surface area contributed by atoms with E-state index < -0.39 is 0 Å². The lowest BCUT2D eigenvalue weighted by Gasteiger charge is -2.27. The van der Waals surface area contributed by atoms with E-state index in [1.165, 1.54) is 11.1 Å². The molecule has 1 fully saturated rings. The Kier molecular flexibility index (Phi) is 4.86. The summed E-state index contributed by atoms with van der Waals surface area (Å²) in [4.78, 5) is 12.1. The molecule has 0 radical (unpaired) electrons. The molecule has 1 heterocycles. The standard InChI is InChI=1S/C19H22N2O/c22-19(18-12-20-13-18)21-14-17(16-9-5-2-6-10-16)11-15-7-3-1-4-8-15/h1-10,17-18,20H,11-14H2,(H,21,22). The molecule has 1 aliphatic rings. The molecule has 0 bridgehead atoms. The Bertz CT molecular complexity index is 593. The maximum atomic E-state index is 12.1. The van der Waals surface area contributed by atoms with E-state index in [4.69, 9.17) is 0 Å². The Morgan fingerprint density at radius 2 is 1.68 bits per heavy atom. The molecular weight excluding hydrogens is 272 g/mol. The maximum Gasteiger partial charge on any atom is 0.225 e. The van der Waals surface area contributed by atoms with Crippen LogP contribution < -0.4 is 10.6 Å². The van der Waals surface area contributed by atoms with Crippen molar-refractivity contribution in [1.82, 2.24) is 10.6 Å². The van der Waals surface area contributed by atoms with Crippen molar-refractivity contribution in [3.63, 3.8) is 0 Å². The SMILES string of the molecule is O=C(NCC(Cc1ccccc1)c1ccccc1)C1CNC1. The number of carbonyl (C=O) groups excluding carboxylic acids is 1. The van der Waals surface area contributed by atoms with Gasteiger partial charge < -0.3 is 10.6 Å². The number of hydrogen-bond acceptors (Lipinski definition) is 2. The average molecular weight is 294 g/mol. The van der Waals surface area contributed by atoms with Crippen LogP contribution in [0.25, 0.3) is 0 Å². The number of rotatable bonds is 6. The second-order valence-corrected chi connectivity index (χ2v) is 5.90. The lowest BCUT2D eigenvalue weighted by Crippen LogP contribution is -2.51. The number of amides is 1. The summed E-state index contributed by atoms with van der Waals surface area (Å²) in [5, 5.41) is 6.26. The third kappa shape index (κ3) is 3.74. The lowest BCUT2D eigenvalue weighted by molar-refractivity contribution is -0.126. The minimum absolute atomic E-state index is 0.146. The summed E-state index contributed by atoms with van der Waals surface area (Å²) in [6, 6.07) is 20.9. The molecule has 3 heteroatoms. The van der Waals surface area contributed by atoms with Crippen molar-refractivity contribution in [2.24, 2.45) is 5.92 Å². The van der Waals surface area contributed by atoms with Gasteiger partial charge in [0.15, 0.2) is 0 Å².